The second kappa shape index (κ2) is 2.95. The van der Waals surface area contributed by atoms with E-state index in [2.05, 4.69) is 11.1 Å². The monoisotopic (exact) mass is 176 g/mol. The van der Waals surface area contributed by atoms with Crippen molar-refractivity contribution in [3.05, 3.63) is 35.2 Å². The van der Waals surface area contributed by atoms with Crippen molar-refractivity contribution in [3.63, 3.8) is 0 Å². The minimum atomic E-state index is 0.247. The molecule has 0 atom stereocenters. The van der Waals surface area contributed by atoms with Gasteiger partial charge in [0, 0.05) is 10.9 Å². The molecule has 2 nitrogen and oxygen atoms in total. The molecule has 0 amide bonds. The lowest BCUT2D eigenvalue weighted by molar-refractivity contribution is 0.475. The van der Waals surface area contributed by atoms with Gasteiger partial charge in [-0.15, -0.1) is 11.3 Å². The minimum Gasteiger partial charge on any atom is -0.508 e. The molecule has 2 aromatic rings. The van der Waals surface area contributed by atoms with E-state index in [9.17, 15) is 0 Å². The topological polar surface area (TPSA) is 33.1 Å². The first-order chi connectivity index (χ1) is 5.86. The van der Waals surface area contributed by atoms with Crippen LogP contribution in [0, 0.1) is 6.07 Å². The smallest absolute Gasteiger partial charge is 0.116 e. The molecule has 0 unspecified atom stereocenters. The highest BCUT2D eigenvalue weighted by atomic mass is 32.1. The van der Waals surface area contributed by atoms with Crippen molar-refractivity contribution in [1.82, 2.24) is 4.98 Å². The van der Waals surface area contributed by atoms with Gasteiger partial charge in [-0.25, -0.2) is 4.98 Å². The standard InChI is InChI=1S/C9H6NOS/c11-8-3-1-2-7(4-8)9-5-12-6-10-9/h1,3-6,11H. The molecule has 0 aliphatic carbocycles. The highest BCUT2D eigenvalue weighted by Crippen LogP contribution is 2.21. The zero-order valence-corrected chi connectivity index (χ0v) is 7.01. The number of phenols is 1. The van der Waals surface area contributed by atoms with Crippen LogP contribution in [-0.4, -0.2) is 10.1 Å². The molecule has 3 heteroatoms. The second-order valence-electron chi connectivity index (χ2n) is 2.33. The number of nitrogens with zero attached hydrogens (tertiary/aromatic N) is 1. The van der Waals surface area contributed by atoms with Crippen molar-refractivity contribution in [1.29, 1.82) is 0 Å². The summed E-state index contributed by atoms with van der Waals surface area (Å²) in [5.41, 5.74) is 3.44. The van der Waals surface area contributed by atoms with E-state index in [0.29, 0.717) is 0 Å². The van der Waals surface area contributed by atoms with Crippen molar-refractivity contribution in [3.8, 4) is 17.0 Å². The lowest BCUT2D eigenvalue weighted by Gasteiger charge is -1.95. The zero-order chi connectivity index (χ0) is 8.39. The molecule has 0 saturated heterocycles. The Bertz CT molecular complexity index is 370. The van der Waals surface area contributed by atoms with E-state index in [1.165, 1.54) is 11.3 Å². The van der Waals surface area contributed by atoms with E-state index in [-0.39, 0.29) is 5.75 Å². The molecule has 1 N–H and O–H groups in total. The van der Waals surface area contributed by atoms with Gasteiger partial charge in [0.25, 0.3) is 0 Å². The molecule has 0 saturated carbocycles. The number of thiazole rings is 1. The van der Waals surface area contributed by atoms with Gasteiger partial charge >= 0.3 is 0 Å². The quantitative estimate of drug-likeness (QED) is 0.723. The molecule has 59 valence electrons. The predicted molar refractivity (Wildman–Crippen MR) is 48.1 cm³/mol. The third-order valence-electron chi connectivity index (χ3n) is 1.49. The largest absolute Gasteiger partial charge is 0.508 e. The van der Waals surface area contributed by atoms with Crippen LogP contribution in [0.15, 0.2) is 29.1 Å². The number of hydrogen-bond donors (Lipinski definition) is 1. The van der Waals surface area contributed by atoms with Gasteiger partial charge < -0.3 is 5.11 Å². The number of hydrogen-bond acceptors (Lipinski definition) is 3. The van der Waals surface area contributed by atoms with Crippen LogP contribution in [0.25, 0.3) is 11.3 Å². The fourth-order valence-electron chi connectivity index (χ4n) is 0.948. The summed E-state index contributed by atoms with van der Waals surface area (Å²) in [6.07, 6.45) is 0. The fourth-order valence-corrected chi connectivity index (χ4v) is 1.50. The normalized spacial score (nSPS) is 10.0. The molecule has 0 bridgehead atoms. The Kier molecular flexibility index (Phi) is 1.80. The molecule has 1 heterocycles. The van der Waals surface area contributed by atoms with E-state index < -0.39 is 0 Å². The Morgan fingerprint density at radius 3 is 3.08 bits per heavy atom. The van der Waals surface area contributed by atoms with Crippen LogP contribution >= 0.6 is 11.3 Å². The Hall–Kier alpha value is -1.35. The second-order valence-corrected chi connectivity index (χ2v) is 3.05. The number of benzene rings is 1. The molecular formula is C9H6NOS. The number of aromatic nitrogens is 1. The molecule has 0 aliphatic heterocycles. The summed E-state index contributed by atoms with van der Waals surface area (Å²) in [4.78, 5) is 4.10. The van der Waals surface area contributed by atoms with Crippen molar-refractivity contribution in [2.45, 2.75) is 0 Å². The number of aromatic hydroxyl groups is 1. The summed E-state index contributed by atoms with van der Waals surface area (Å²) in [5, 5.41) is 11.1. The summed E-state index contributed by atoms with van der Waals surface area (Å²) in [6.45, 7) is 0. The molecule has 2 rings (SSSR count). The van der Waals surface area contributed by atoms with Crippen molar-refractivity contribution in [2.24, 2.45) is 0 Å². The van der Waals surface area contributed by atoms with Crippen molar-refractivity contribution < 1.29 is 5.11 Å². The lowest BCUT2D eigenvalue weighted by Crippen LogP contribution is -1.75. The summed E-state index contributed by atoms with van der Waals surface area (Å²) in [6, 6.07) is 7.92. The van der Waals surface area contributed by atoms with Gasteiger partial charge in [0.1, 0.15) is 5.75 Å². The van der Waals surface area contributed by atoms with E-state index in [0.717, 1.165) is 11.3 Å². The molecule has 0 fully saturated rings. The SMILES string of the molecule is Oc1cc[c]c(-c2cscn2)c1. The highest BCUT2D eigenvalue weighted by molar-refractivity contribution is 7.07. The van der Waals surface area contributed by atoms with E-state index >= 15 is 0 Å². The Morgan fingerprint density at radius 2 is 2.42 bits per heavy atom. The van der Waals surface area contributed by atoms with Crippen LogP contribution in [0.2, 0.25) is 0 Å². The van der Waals surface area contributed by atoms with Crippen LogP contribution < -0.4 is 0 Å². The average molecular weight is 176 g/mol. The lowest BCUT2D eigenvalue weighted by atomic mass is 10.2. The van der Waals surface area contributed by atoms with E-state index in [1.807, 2.05) is 5.38 Å². The first-order valence-electron chi connectivity index (χ1n) is 3.45. The average Bonchev–Trinajstić information content (AvgIpc) is 2.56. The maximum absolute atomic E-state index is 9.17. The highest BCUT2D eigenvalue weighted by Gasteiger charge is 1.99. The zero-order valence-electron chi connectivity index (χ0n) is 6.19. The third kappa shape index (κ3) is 1.31. The van der Waals surface area contributed by atoms with E-state index in [4.69, 9.17) is 5.11 Å². The molecule has 0 spiro atoms. The van der Waals surface area contributed by atoms with Gasteiger partial charge in [0.05, 0.1) is 11.2 Å². The van der Waals surface area contributed by atoms with Gasteiger partial charge in [-0.2, -0.15) is 0 Å². The Balaban J connectivity index is 2.48. The van der Waals surface area contributed by atoms with Crippen molar-refractivity contribution in [2.75, 3.05) is 0 Å². The van der Waals surface area contributed by atoms with E-state index in [1.54, 1.807) is 23.7 Å². The Morgan fingerprint density at radius 1 is 1.50 bits per heavy atom. The first-order valence-corrected chi connectivity index (χ1v) is 4.40. The molecule has 1 aromatic carbocycles. The Labute approximate surface area is 74.1 Å². The molecule has 12 heavy (non-hydrogen) atoms. The summed E-state index contributed by atoms with van der Waals surface area (Å²) >= 11 is 1.53. The van der Waals surface area contributed by atoms with Crippen LogP contribution in [0.5, 0.6) is 5.75 Å². The van der Waals surface area contributed by atoms with Crippen LogP contribution in [0.4, 0.5) is 0 Å². The molecule has 0 aliphatic rings. The first kappa shape index (κ1) is 7.31. The number of phenolic OH excluding ortho intramolecular Hbond substituents is 1. The van der Waals surface area contributed by atoms with Crippen molar-refractivity contribution >= 4 is 11.3 Å². The van der Waals surface area contributed by atoms with Crippen LogP contribution in [0.1, 0.15) is 0 Å². The summed E-state index contributed by atoms with van der Waals surface area (Å²) < 4.78 is 0. The third-order valence-corrected chi connectivity index (χ3v) is 2.08. The molecule has 1 radical (unpaired) electrons. The molecular weight excluding hydrogens is 170 g/mol. The van der Waals surface area contributed by atoms with Gasteiger partial charge in [0.2, 0.25) is 0 Å². The molecule has 1 aromatic heterocycles. The summed E-state index contributed by atoms with van der Waals surface area (Å²) in [7, 11) is 0. The number of rotatable bonds is 1. The maximum atomic E-state index is 9.17. The predicted octanol–water partition coefficient (Wildman–Crippen LogP) is 2.32. The van der Waals surface area contributed by atoms with Gasteiger partial charge in [-0.3, -0.25) is 0 Å². The van der Waals surface area contributed by atoms with Crippen LogP contribution in [0.3, 0.4) is 0 Å². The fraction of sp³-hybridized carbons (Fsp3) is 0. The van der Waals surface area contributed by atoms with Gasteiger partial charge in [-0.1, -0.05) is 6.07 Å². The van der Waals surface area contributed by atoms with Crippen LogP contribution in [-0.2, 0) is 0 Å². The van der Waals surface area contributed by atoms with Gasteiger partial charge in [-0.05, 0) is 18.2 Å². The summed E-state index contributed by atoms with van der Waals surface area (Å²) in [5.74, 6) is 0.247. The van der Waals surface area contributed by atoms with Gasteiger partial charge in [0.15, 0.2) is 0 Å². The minimum absolute atomic E-state index is 0.247. The maximum Gasteiger partial charge on any atom is 0.116 e.